The van der Waals surface area contributed by atoms with E-state index in [9.17, 15) is 13.2 Å². The van der Waals surface area contributed by atoms with Gasteiger partial charge in [-0.3, -0.25) is 14.3 Å². The molecule has 3 aromatic rings. The van der Waals surface area contributed by atoms with E-state index >= 15 is 0 Å². The molecule has 1 fully saturated rings. The van der Waals surface area contributed by atoms with Gasteiger partial charge in [-0.2, -0.15) is 0 Å². The zero-order chi connectivity index (χ0) is 20.3. The van der Waals surface area contributed by atoms with Crippen molar-refractivity contribution >= 4 is 27.5 Å². The van der Waals surface area contributed by atoms with Crippen molar-refractivity contribution in [1.29, 1.82) is 0 Å². The van der Waals surface area contributed by atoms with Crippen LogP contribution in [0, 0.1) is 0 Å². The molecule has 1 aliphatic heterocycles. The van der Waals surface area contributed by atoms with Crippen LogP contribution in [0.3, 0.4) is 0 Å². The molecule has 2 aromatic heterocycles. The molecule has 1 unspecified atom stereocenters. The number of thioether (sulfide) groups is 1. The molecular formula is C19H19N5O3S2. The molecule has 29 heavy (non-hydrogen) atoms. The van der Waals surface area contributed by atoms with Crippen LogP contribution >= 0.6 is 11.8 Å². The summed E-state index contributed by atoms with van der Waals surface area (Å²) in [6.45, 7) is 0. The Bertz CT molecular complexity index is 1100. The first-order valence-electron chi connectivity index (χ1n) is 9.06. The van der Waals surface area contributed by atoms with Gasteiger partial charge in [-0.1, -0.05) is 30.0 Å². The molecule has 10 heteroatoms. The Morgan fingerprint density at radius 1 is 1.14 bits per heavy atom. The fourth-order valence-electron chi connectivity index (χ4n) is 3.17. The van der Waals surface area contributed by atoms with Gasteiger partial charge in [-0.15, -0.1) is 10.2 Å². The number of hydrogen-bond donors (Lipinski definition) is 1. The van der Waals surface area contributed by atoms with Gasteiger partial charge in [-0.05, 0) is 30.7 Å². The summed E-state index contributed by atoms with van der Waals surface area (Å²) in [7, 11) is -3.03. The van der Waals surface area contributed by atoms with Gasteiger partial charge in [0, 0.05) is 29.7 Å². The maximum absolute atomic E-state index is 12.3. The second-order valence-electron chi connectivity index (χ2n) is 6.67. The van der Waals surface area contributed by atoms with Crippen molar-refractivity contribution in [3.63, 3.8) is 0 Å². The molecule has 1 amide bonds. The third kappa shape index (κ3) is 4.65. The van der Waals surface area contributed by atoms with Crippen molar-refractivity contribution in [2.45, 2.75) is 17.6 Å². The minimum atomic E-state index is -3.03. The molecule has 1 N–H and O–H groups in total. The van der Waals surface area contributed by atoms with Gasteiger partial charge in [0.25, 0.3) is 0 Å². The molecule has 8 nitrogen and oxygen atoms in total. The lowest BCUT2D eigenvalue weighted by Gasteiger charge is -2.12. The van der Waals surface area contributed by atoms with Crippen molar-refractivity contribution < 1.29 is 13.2 Å². The number of sulfone groups is 1. The van der Waals surface area contributed by atoms with E-state index in [4.69, 9.17) is 0 Å². The molecule has 0 bridgehead atoms. The number of amides is 1. The zero-order valence-electron chi connectivity index (χ0n) is 15.4. The summed E-state index contributed by atoms with van der Waals surface area (Å²) in [4.78, 5) is 16.4. The number of benzene rings is 1. The summed E-state index contributed by atoms with van der Waals surface area (Å²) >= 11 is 1.26. The maximum atomic E-state index is 12.3. The van der Waals surface area contributed by atoms with Crippen molar-refractivity contribution in [2.24, 2.45) is 0 Å². The van der Waals surface area contributed by atoms with E-state index in [0.29, 0.717) is 17.4 Å². The molecule has 1 aromatic carbocycles. The molecule has 3 heterocycles. The quantitative estimate of drug-likeness (QED) is 0.595. The van der Waals surface area contributed by atoms with Crippen molar-refractivity contribution in [2.75, 3.05) is 17.3 Å². The van der Waals surface area contributed by atoms with Gasteiger partial charge in [0.1, 0.15) is 0 Å². The Balaban J connectivity index is 1.53. The number of nitrogens with one attached hydrogen (secondary N) is 1. The second-order valence-corrected chi connectivity index (χ2v) is 9.84. The molecule has 1 atom stereocenters. The number of nitrogens with zero attached hydrogens (tertiary/aromatic N) is 4. The molecule has 0 aliphatic carbocycles. The summed E-state index contributed by atoms with van der Waals surface area (Å²) < 4.78 is 25.0. The highest BCUT2D eigenvalue weighted by molar-refractivity contribution is 7.99. The lowest BCUT2D eigenvalue weighted by molar-refractivity contribution is -0.119. The van der Waals surface area contributed by atoms with Crippen LogP contribution in [0.5, 0.6) is 0 Å². The maximum Gasteiger partial charge on any atom is 0.230 e. The predicted octanol–water partition coefficient (Wildman–Crippen LogP) is 1.72. The summed E-state index contributed by atoms with van der Waals surface area (Å²) in [6.07, 6.45) is 3.84. The lowest BCUT2D eigenvalue weighted by atomic mass is 10.2. The molecule has 1 saturated heterocycles. The number of carbonyl (C=O) groups is 1. The number of aromatic nitrogens is 4. The molecule has 1 aliphatic rings. The minimum absolute atomic E-state index is 0.00972. The average Bonchev–Trinajstić information content (AvgIpc) is 3.30. The summed E-state index contributed by atoms with van der Waals surface area (Å²) in [5.41, 5.74) is 1.75. The summed E-state index contributed by atoms with van der Waals surface area (Å²) in [5, 5.41) is 12.0. The van der Waals surface area contributed by atoms with E-state index in [2.05, 4.69) is 20.5 Å². The monoisotopic (exact) mass is 429 g/mol. The van der Waals surface area contributed by atoms with Gasteiger partial charge < -0.3 is 5.32 Å². The van der Waals surface area contributed by atoms with Gasteiger partial charge >= 0.3 is 0 Å². The average molecular weight is 430 g/mol. The Morgan fingerprint density at radius 3 is 2.59 bits per heavy atom. The molecule has 4 rings (SSSR count). The van der Waals surface area contributed by atoms with Crippen LogP contribution in [0.4, 0.5) is 0 Å². The first-order chi connectivity index (χ1) is 14.0. The molecule has 0 spiro atoms. The minimum Gasteiger partial charge on any atom is -0.352 e. The summed E-state index contributed by atoms with van der Waals surface area (Å²) in [6, 6.07) is 13.1. The Morgan fingerprint density at radius 2 is 1.90 bits per heavy atom. The topological polar surface area (TPSA) is 107 Å². The SMILES string of the molecule is O=C(CSc1nnc(-c2ccncc2)n1-c1ccccc1)NC1CCS(=O)(=O)C1. The second kappa shape index (κ2) is 8.34. The number of carbonyl (C=O) groups excluding carboxylic acids is 1. The zero-order valence-corrected chi connectivity index (χ0v) is 17.1. The van der Waals surface area contributed by atoms with Crippen LogP contribution in [0.2, 0.25) is 0 Å². The van der Waals surface area contributed by atoms with Crippen LogP contribution in [0.15, 0.2) is 60.0 Å². The first kappa shape index (κ1) is 19.6. The highest BCUT2D eigenvalue weighted by Gasteiger charge is 2.29. The summed E-state index contributed by atoms with van der Waals surface area (Å²) in [5.74, 6) is 0.699. The van der Waals surface area contributed by atoms with E-state index < -0.39 is 9.84 Å². The Labute approximate surface area is 172 Å². The molecule has 0 radical (unpaired) electrons. The molecule has 150 valence electrons. The van der Waals surface area contributed by atoms with Crippen LogP contribution in [-0.4, -0.2) is 57.4 Å². The smallest absolute Gasteiger partial charge is 0.230 e. The van der Waals surface area contributed by atoms with Crippen molar-refractivity contribution in [3.8, 4) is 17.1 Å². The van der Waals surface area contributed by atoms with Gasteiger partial charge in [0.2, 0.25) is 5.91 Å². The fourth-order valence-corrected chi connectivity index (χ4v) is 5.61. The largest absolute Gasteiger partial charge is 0.352 e. The standard InChI is InChI=1S/C19H19N5O3S2/c25-17(21-15-8-11-29(26,27)13-15)12-28-19-23-22-18(14-6-9-20-10-7-14)24(19)16-4-2-1-3-5-16/h1-7,9-10,15H,8,11-13H2,(H,21,25). The van der Waals surface area contributed by atoms with Crippen LogP contribution in [0.25, 0.3) is 17.1 Å². The normalized spacial score (nSPS) is 17.9. The van der Waals surface area contributed by atoms with E-state index in [1.165, 1.54) is 11.8 Å². The number of rotatable bonds is 6. The van der Waals surface area contributed by atoms with Gasteiger partial charge in [0.15, 0.2) is 20.8 Å². The predicted molar refractivity (Wildman–Crippen MR) is 111 cm³/mol. The van der Waals surface area contributed by atoms with E-state index in [1.54, 1.807) is 12.4 Å². The highest BCUT2D eigenvalue weighted by Crippen LogP contribution is 2.27. The highest BCUT2D eigenvalue weighted by atomic mass is 32.2. The Kier molecular flexibility index (Phi) is 5.63. The number of para-hydroxylation sites is 1. The molecule has 0 saturated carbocycles. The van der Waals surface area contributed by atoms with Crippen molar-refractivity contribution in [1.82, 2.24) is 25.1 Å². The third-order valence-electron chi connectivity index (χ3n) is 4.52. The van der Waals surface area contributed by atoms with E-state index in [1.807, 2.05) is 47.0 Å². The van der Waals surface area contributed by atoms with Crippen LogP contribution in [0.1, 0.15) is 6.42 Å². The van der Waals surface area contributed by atoms with Crippen LogP contribution < -0.4 is 5.32 Å². The van der Waals surface area contributed by atoms with E-state index in [-0.39, 0.29) is 29.2 Å². The van der Waals surface area contributed by atoms with E-state index in [0.717, 1.165) is 11.3 Å². The van der Waals surface area contributed by atoms with Crippen LogP contribution in [-0.2, 0) is 14.6 Å². The van der Waals surface area contributed by atoms with Crippen molar-refractivity contribution in [3.05, 3.63) is 54.9 Å². The number of hydrogen-bond acceptors (Lipinski definition) is 7. The first-order valence-corrected chi connectivity index (χ1v) is 11.9. The lowest BCUT2D eigenvalue weighted by Crippen LogP contribution is -2.36. The fraction of sp³-hybridized carbons (Fsp3) is 0.263. The third-order valence-corrected chi connectivity index (χ3v) is 7.21. The molecular weight excluding hydrogens is 410 g/mol. The van der Waals surface area contributed by atoms with Gasteiger partial charge in [-0.25, -0.2) is 8.42 Å². The Hall–Kier alpha value is -2.72. The van der Waals surface area contributed by atoms with Gasteiger partial charge in [0.05, 0.1) is 17.3 Å². The number of pyridine rings is 1.